The molecule has 2 aliphatic heterocycles. The number of aliphatic hydroxyl groups excluding tert-OH is 1. The molecule has 2 spiro atoms. The number of carbonyl (C=O) groups excluding carboxylic acids is 1. The topological polar surface area (TPSA) is 101 Å². The van der Waals surface area contributed by atoms with E-state index in [1.165, 1.54) is 25.7 Å². The fourth-order valence-electron chi connectivity index (χ4n) is 14.1. The highest BCUT2D eigenvalue weighted by atomic mass is 16.7. The van der Waals surface area contributed by atoms with Gasteiger partial charge >= 0.3 is 0 Å². The Kier molecular flexibility index (Phi) is 9.03. The minimum absolute atomic E-state index is 0.00215. The molecule has 5 saturated carbocycles. The lowest BCUT2D eigenvalue weighted by Crippen LogP contribution is -2.60. The molecule has 7 fully saturated rings. The summed E-state index contributed by atoms with van der Waals surface area (Å²) in [6, 6.07) is 0. The maximum atomic E-state index is 12.6. The van der Waals surface area contributed by atoms with E-state index in [-0.39, 0.29) is 52.2 Å². The first-order valence-electron chi connectivity index (χ1n) is 19.7. The van der Waals surface area contributed by atoms with E-state index in [9.17, 15) is 15.0 Å². The first-order valence-corrected chi connectivity index (χ1v) is 19.7. The number of likely N-dealkylation sites (N-methyl/N-ethyl adjacent to an activating group) is 1. The minimum Gasteiger partial charge on any atom is -0.390 e. The lowest BCUT2D eigenvalue weighted by Gasteiger charge is -2.64. The van der Waals surface area contributed by atoms with E-state index in [2.05, 4.69) is 39.5 Å². The Morgan fingerprint density at radius 3 is 2.43 bits per heavy atom. The summed E-state index contributed by atoms with van der Waals surface area (Å²) < 4.78 is 26.1. The molecule has 2 heterocycles. The molecule has 5 aliphatic carbocycles. The van der Waals surface area contributed by atoms with E-state index >= 15 is 0 Å². The average molecular weight is 689 g/mol. The van der Waals surface area contributed by atoms with Gasteiger partial charge in [-0.05, 0) is 117 Å². The van der Waals surface area contributed by atoms with Crippen LogP contribution < -0.4 is 0 Å². The zero-order valence-electron chi connectivity index (χ0n) is 32.3. The van der Waals surface area contributed by atoms with Gasteiger partial charge in [-0.2, -0.15) is 0 Å². The quantitative estimate of drug-likeness (QED) is 0.363. The number of ether oxygens (including phenoxy) is 4. The Bertz CT molecular complexity index is 1270. The van der Waals surface area contributed by atoms with Crippen molar-refractivity contribution < 1.29 is 34.0 Å². The highest BCUT2D eigenvalue weighted by molar-refractivity contribution is 5.77. The predicted octanol–water partition coefficient (Wildman–Crippen LogP) is 5.11. The van der Waals surface area contributed by atoms with Crippen molar-refractivity contribution >= 4 is 5.91 Å². The number of nitrogens with zero attached hydrogens (tertiary/aromatic N) is 2. The Morgan fingerprint density at radius 1 is 1.06 bits per heavy atom. The van der Waals surface area contributed by atoms with Gasteiger partial charge in [0.25, 0.3) is 0 Å². The molecule has 0 aromatic rings. The smallest absolute Gasteiger partial charge is 0.236 e. The molecule has 9 heteroatoms. The molecule has 1 amide bonds. The zero-order chi connectivity index (χ0) is 35.5. The molecule has 7 rings (SSSR count). The Labute approximate surface area is 296 Å². The summed E-state index contributed by atoms with van der Waals surface area (Å²) in [5.74, 6) is 1.84. The first kappa shape index (κ1) is 36.5. The van der Waals surface area contributed by atoms with Gasteiger partial charge in [0.1, 0.15) is 6.10 Å². The number of rotatable bonds is 8. The molecule has 2 saturated heterocycles. The van der Waals surface area contributed by atoms with Gasteiger partial charge in [-0.1, -0.05) is 34.6 Å². The molecule has 0 radical (unpaired) electrons. The van der Waals surface area contributed by atoms with Gasteiger partial charge in [0, 0.05) is 32.7 Å². The van der Waals surface area contributed by atoms with Crippen LogP contribution in [0.25, 0.3) is 0 Å². The van der Waals surface area contributed by atoms with Crippen LogP contribution >= 0.6 is 0 Å². The van der Waals surface area contributed by atoms with Crippen molar-refractivity contribution in [3.05, 3.63) is 0 Å². The molecule has 0 aromatic carbocycles. The van der Waals surface area contributed by atoms with Gasteiger partial charge in [-0.3, -0.25) is 9.69 Å². The van der Waals surface area contributed by atoms with Crippen LogP contribution in [0.5, 0.6) is 0 Å². The zero-order valence-corrected chi connectivity index (χ0v) is 32.3. The predicted molar refractivity (Wildman–Crippen MR) is 188 cm³/mol. The molecule has 0 unspecified atom stereocenters. The van der Waals surface area contributed by atoms with Crippen molar-refractivity contribution in [2.75, 3.05) is 46.9 Å². The minimum atomic E-state index is -1.02. The fourth-order valence-corrected chi connectivity index (χ4v) is 14.1. The van der Waals surface area contributed by atoms with E-state index in [1.807, 2.05) is 34.9 Å². The molecule has 0 bridgehead atoms. The molecule has 2 N–H and O–H groups in total. The van der Waals surface area contributed by atoms with E-state index in [0.29, 0.717) is 55.4 Å². The van der Waals surface area contributed by atoms with E-state index in [1.54, 1.807) is 4.90 Å². The van der Waals surface area contributed by atoms with Gasteiger partial charge in [-0.25, -0.2) is 0 Å². The normalized spacial score (nSPS) is 49.5. The third kappa shape index (κ3) is 5.20. The van der Waals surface area contributed by atoms with Crippen molar-refractivity contribution in [1.82, 2.24) is 9.80 Å². The molecular weight excluding hydrogens is 620 g/mol. The fraction of sp³-hybridized carbons (Fsp3) is 0.975. The average Bonchev–Trinajstić information content (AvgIpc) is 3.65. The molecular formula is C40H68N2O7. The molecule has 14 atom stereocenters. The number of morpholine rings is 1. The lowest BCUT2D eigenvalue weighted by atomic mass is 9.41. The summed E-state index contributed by atoms with van der Waals surface area (Å²) in [6.07, 6.45) is 7.45. The number of hydrogen-bond donors (Lipinski definition) is 2. The summed E-state index contributed by atoms with van der Waals surface area (Å²) in [5, 5.41) is 23.7. The SMILES string of the molecule is CCO[C@@H]([C@H]1C[C@@H](C)[C@H]2[C@H](O1)[C@H](O)[C@@]1(C)[C@@H]3CC[C@H]4C(C)(C)[C@@H](O[C@H]5CN(CC(=O)N(C)C)CCO5)CC[C@@]45C[C@@]35CC[C@]21C)C(C)(C)O. The highest BCUT2D eigenvalue weighted by Gasteiger charge is 2.84. The molecule has 280 valence electrons. The van der Waals surface area contributed by atoms with Crippen molar-refractivity contribution in [1.29, 1.82) is 0 Å². The summed E-state index contributed by atoms with van der Waals surface area (Å²) in [7, 11) is 3.62. The molecule has 49 heavy (non-hydrogen) atoms. The second-order valence-electron chi connectivity index (χ2n) is 19.5. The maximum Gasteiger partial charge on any atom is 0.236 e. The number of fused-ring (bicyclic) bond motifs is 4. The number of aliphatic hydroxyl groups is 2. The van der Waals surface area contributed by atoms with Crippen LogP contribution in [-0.2, 0) is 23.7 Å². The summed E-state index contributed by atoms with van der Waals surface area (Å²) in [6.45, 7) is 20.7. The highest BCUT2D eigenvalue weighted by Crippen LogP contribution is 2.89. The first-order chi connectivity index (χ1) is 22.9. The Morgan fingerprint density at radius 2 is 1.76 bits per heavy atom. The summed E-state index contributed by atoms with van der Waals surface area (Å²) >= 11 is 0. The molecule has 9 nitrogen and oxygen atoms in total. The number of hydrogen-bond acceptors (Lipinski definition) is 8. The maximum absolute atomic E-state index is 12.6. The second kappa shape index (κ2) is 12.1. The van der Waals surface area contributed by atoms with Crippen LogP contribution in [0, 0.1) is 50.7 Å². The Hall–Kier alpha value is -0.810. The number of carbonyl (C=O) groups is 1. The van der Waals surface area contributed by atoms with Crippen LogP contribution in [0.1, 0.15) is 107 Å². The van der Waals surface area contributed by atoms with E-state index in [0.717, 1.165) is 32.2 Å². The van der Waals surface area contributed by atoms with Gasteiger partial charge in [-0.15, -0.1) is 0 Å². The largest absolute Gasteiger partial charge is 0.390 e. The third-order valence-corrected chi connectivity index (χ3v) is 16.4. The standard InChI is InChI=1S/C40H68N2O7/c1-11-46-34(36(5,6)45)25-20-24(2)31-32(48-25)33(44)38(8)27-13-12-26-35(3,4)28(14-15-39(26)23-40(27,39)17-16-37(31,38)7)49-30-22-42(18-19-47-30)21-29(43)41(9)10/h24-28,30-34,44-45H,11-23H2,1-10H3/t24-,25-,26+,27+,28+,30+,31+,32+,33+,34+,37-,38-,39-,40+/m1/s1. The van der Waals surface area contributed by atoms with Crippen LogP contribution in [-0.4, -0.2) is 115 Å². The van der Waals surface area contributed by atoms with Crippen molar-refractivity contribution in [3.63, 3.8) is 0 Å². The van der Waals surface area contributed by atoms with Gasteiger partial charge in [0.2, 0.25) is 5.91 Å². The molecule has 7 aliphatic rings. The second-order valence-corrected chi connectivity index (χ2v) is 19.5. The van der Waals surface area contributed by atoms with E-state index in [4.69, 9.17) is 18.9 Å². The van der Waals surface area contributed by atoms with Crippen molar-refractivity contribution in [2.24, 2.45) is 50.7 Å². The van der Waals surface area contributed by atoms with Crippen LogP contribution in [0.4, 0.5) is 0 Å². The van der Waals surface area contributed by atoms with Crippen LogP contribution in [0.15, 0.2) is 0 Å². The van der Waals surface area contributed by atoms with E-state index < -0.39 is 17.8 Å². The van der Waals surface area contributed by atoms with Crippen molar-refractivity contribution in [2.45, 2.75) is 149 Å². The van der Waals surface area contributed by atoms with Gasteiger partial charge < -0.3 is 34.1 Å². The van der Waals surface area contributed by atoms with Gasteiger partial charge in [0.15, 0.2) is 6.29 Å². The third-order valence-electron chi connectivity index (χ3n) is 16.4. The summed E-state index contributed by atoms with van der Waals surface area (Å²) in [4.78, 5) is 16.2. The van der Waals surface area contributed by atoms with Crippen LogP contribution in [0.3, 0.4) is 0 Å². The monoisotopic (exact) mass is 689 g/mol. The van der Waals surface area contributed by atoms with Gasteiger partial charge in [0.05, 0.1) is 49.7 Å². The summed E-state index contributed by atoms with van der Waals surface area (Å²) in [5.41, 5.74) is -0.659. The van der Waals surface area contributed by atoms with Crippen molar-refractivity contribution in [3.8, 4) is 0 Å². The van der Waals surface area contributed by atoms with Crippen LogP contribution in [0.2, 0.25) is 0 Å². The lowest BCUT2D eigenvalue weighted by molar-refractivity contribution is -0.248. The number of amides is 1. The molecule has 0 aromatic heterocycles. The Balaban J connectivity index is 1.10.